The largest absolute Gasteiger partial charge is 0.457 e. The second-order valence-electron chi connectivity index (χ2n) is 4.07. The van der Waals surface area contributed by atoms with Gasteiger partial charge in [0.2, 0.25) is 0 Å². The summed E-state index contributed by atoms with van der Waals surface area (Å²) in [6.07, 6.45) is 0. The summed E-state index contributed by atoms with van der Waals surface area (Å²) < 4.78 is 41.8. The molecule has 2 rings (SSSR count). The van der Waals surface area contributed by atoms with Gasteiger partial charge >= 0.3 is 0 Å². The van der Waals surface area contributed by atoms with E-state index in [4.69, 9.17) is 15.4 Å². The van der Waals surface area contributed by atoms with Crippen LogP contribution in [0.25, 0.3) is 0 Å². The molecule has 3 nitrogen and oxygen atoms in total. The molecular formula is C13H9BrClFO3S. The molecule has 0 saturated heterocycles. The van der Waals surface area contributed by atoms with Crippen molar-refractivity contribution in [2.75, 3.05) is 0 Å². The minimum Gasteiger partial charge on any atom is -0.457 e. The van der Waals surface area contributed by atoms with Crippen LogP contribution in [0.4, 0.5) is 4.39 Å². The summed E-state index contributed by atoms with van der Waals surface area (Å²) in [7, 11) is 1.51. The summed E-state index contributed by atoms with van der Waals surface area (Å²) in [6, 6.07) is 8.47. The van der Waals surface area contributed by atoms with Gasteiger partial charge in [0.05, 0.1) is 4.90 Å². The van der Waals surface area contributed by atoms with Crippen molar-refractivity contribution in [2.24, 2.45) is 0 Å². The van der Waals surface area contributed by atoms with Gasteiger partial charge in [-0.05, 0) is 42.8 Å². The van der Waals surface area contributed by atoms with E-state index in [1.54, 1.807) is 13.0 Å². The van der Waals surface area contributed by atoms with Gasteiger partial charge in [-0.25, -0.2) is 12.8 Å². The van der Waals surface area contributed by atoms with Crippen molar-refractivity contribution in [1.82, 2.24) is 0 Å². The molecule has 0 N–H and O–H groups in total. The van der Waals surface area contributed by atoms with E-state index in [1.807, 2.05) is 0 Å². The highest BCUT2D eigenvalue weighted by Gasteiger charge is 2.14. The highest BCUT2D eigenvalue weighted by Crippen LogP contribution is 2.29. The third-order valence-corrected chi connectivity index (χ3v) is 4.42. The molecule has 0 aromatic heterocycles. The Kier molecular flexibility index (Phi) is 4.36. The van der Waals surface area contributed by atoms with Gasteiger partial charge in [-0.2, -0.15) is 0 Å². The molecule has 0 fully saturated rings. The lowest BCUT2D eigenvalue weighted by molar-refractivity contribution is 0.475. The summed E-state index contributed by atoms with van der Waals surface area (Å²) in [6.45, 7) is 1.60. The maximum atomic E-state index is 13.2. The molecule has 0 radical (unpaired) electrons. The van der Waals surface area contributed by atoms with Crippen LogP contribution in [0.2, 0.25) is 0 Å². The van der Waals surface area contributed by atoms with Crippen molar-refractivity contribution in [3.05, 3.63) is 52.3 Å². The SMILES string of the molecule is Cc1cc(Oc2cc(F)cc(Br)c2)ccc1S(=O)(=O)Cl. The number of rotatable bonds is 3. The van der Waals surface area contributed by atoms with Crippen LogP contribution in [-0.2, 0) is 9.05 Å². The van der Waals surface area contributed by atoms with Gasteiger partial charge in [0, 0.05) is 21.2 Å². The van der Waals surface area contributed by atoms with Gasteiger partial charge in [0.25, 0.3) is 9.05 Å². The number of aryl methyl sites for hydroxylation is 1. The van der Waals surface area contributed by atoms with Gasteiger partial charge in [-0.1, -0.05) is 15.9 Å². The molecule has 20 heavy (non-hydrogen) atoms. The first-order valence-electron chi connectivity index (χ1n) is 5.45. The normalized spacial score (nSPS) is 11.4. The molecule has 0 spiro atoms. The fourth-order valence-corrected chi connectivity index (χ4v) is 3.32. The lowest BCUT2D eigenvalue weighted by Gasteiger charge is -2.09. The minimum atomic E-state index is -3.79. The highest BCUT2D eigenvalue weighted by atomic mass is 79.9. The lowest BCUT2D eigenvalue weighted by atomic mass is 10.2. The van der Waals surface area contributed by atoms with E-state index in [2.05, 4.69) is 15.9 Å². The molecular weight excluding hydrogens is 371 g/mol. The van der Waals surface area contributed by atoms with Crippen LogP contribution >= 0.6 is 26.6 Å². The summed E-state index contributed by atoms with van der Waals surface area (Å²) in [5, 5.41) is 0. The first-order chi connectivity index (χ1) is 9.25. The van der Waals surface area contributed by atoms with Crippen LogP contribution < -0.4 is 4.74 Å². The molecule has 0 aliphatic rings. The van der Waals surface area contributed by atoms with Crippen molar-refractivity contribution in [3.63, 3.8) is 0 Å². The average molecular weight is 380 g/mol. The zero-order chi connectivity index (χ0) is 14.9. The molecule has 2 aromatic rings. The average Bonchev–Trinajstić information content (AvgIpc) is 2.25. The number of halogens is 3. The second kappa shape index (κ2) is 5.71. The Hall–Kier alpha value is -1.11. The quantitative estimate of drug-likeness (QED) is 0.731. The summed E-state index contributed by atoms with van der Waals surface area (Å²) in [5.74, 6) is 0.257. The van der Waals surface area contributed by atoms with E-state index in [-0.39, 0.29) is 4.90 Å². The molecule has 2 aromatic carbocycles. The molecule has 0 bridgehead atoms. The summed E-state index contributed by atoms with van der Waals surface area (Å²) >= 11 is 3.16. The van der Waals surface area contributed by atoms with Gasteiger partial charge in [0.1, 0.15) is 17.3 Å². The van der Waals surface area contributed by atoms with Crippen molar-refractivity contribution in [3.8, 4) is 11.5 Å². The topological polar surface area (TPSA) is 43.4 Å². The minimum absolute atomic E-state index is 0.0203. The molecule has 0 atom stereocenters. The predicted molar refractivity (Wildman–Crippen MR) is 78.4 cm³/mol. The molecule has 7 heteroatoms. The van der Waals surface area contributed by atoms with Crippen molar-refractivity contribution in [1.29, 1.82) is 0 Å². The predicted octanol–water partition coefficient (Wildman–Crippen LogP) is 4.62. The summed E-state index contributed by atoms with van der Waals surface area (Å²) in [4.78, 5) is 0.0203. The fourth-order valence-electron chi connectivity index (χ4n) is 1.68. The molecule has 0 unspecified atom stereocenters. The van der Waals surface area contributed by atoms with Gasteiger partial charge in [0.15, 0.2) is 0 Å². The van der Waals surface area contributed by atoms with Crippen LogP contribution in [0, 0.1) is 12.7 Å². The third-order valence-electron chi connectivity index (χ3n) is 2.48. The third kappa shape index (κ3) is 3.71. The Morgan fingerprint density at radius 2 is 1.85 bits per heavy atom. The van der Waals surface area contributed by atoms with Crippen molar-refractivity contribution < 1.29 is 17.5 Å². The first-order valence-corrected chi connectivity index (χ1v) is 8.55. The Morgan fingerprint density at radius 1 is 1.15 bits per heavy atom. The highest BCUT2D eigenvalue weighted by molar-refractivity contribution is 9.10. The van der Waals surface area contributed by atoms with Crippen molar-refractivity contribution >= 4 is 35.7 Å². The molecule has 0 heterocycles. The zero-order valence-electron chi connectivity index (χ0n) is 10.2. The Bertz CT molecular complexity index is 742. The van der Waals surface area contributed by atoms with Crippen LogP contribution in [0.1, 0.15) is 5.56 Å². The van der Waals surface area contributed by atoms with Gasteiger partial charge in [-0.15, -0.1) is 0 Å². The van der Waals surface area contributed by atoms with Crippen LogP contribution in [-0.4, -0.2) is 8.42 Å². The van der Waals surface area contributed by atoms with E-state index in [1.165, 1.54) is 30.3 Å². The Labute approximate surface area is 128 Å². The number of benzene rings is 2. The van der Waals surface area contributed by atoms with Gasteiger partial charge in [-0.3, -0.25) is 0 Å². The maximum absolute atomic E-state index is 13.2. The Morgan fingerprint density at radius 3 is 2.40 bits per heavy atom. The monoisotopic (exact) mass is 378 g/mol. The van der Waals surface area contributed by atoms with Gasteiger partial charge < -0.3 is 4.74 Å². The van der Waals surface area contributed by atoms with E-state index < -0.39 is 14.9 Å². The molecule has 0 aliphatic carbocycles. The van der Waals surface area contributed by atoms with Crippen LogP contribution in [0.5, 0.6) is 11.5 Å². The summed E-state index contributed by atoms with van der Waals surface area (Å²) in [5.41, 5.74) is 0.452. The van der Waals surface area contributed by atoms with E-state index in [9.17, 15) is 12.8 Å². The first kappa shape index (κ1) is 15.3. The smallest absolute Gasteiger partial charge is 0.261 e. The lowest BCUT2D eigenvalue weighted by Crippen LogP contribution is -1.95. The number of hydrogen-bond donors (Lipinski definition) is 0. The van der Waals surface area contributed by atoms with E-state index in [0.29, 0.717) is 21.5 Å². The number of hydrogen-bond acceptors (Lipinski definition) is 3. The zero-order valence-corrected chi connectivity index (χ0v) is 13.4. The fraction of sp³-hybridized carbons (Fsp3) is 0.0769. The molecule has 0 aliphatic heterocycles. The van der Waals surface area contributed by atoms with Crippen LogP contribution in [0.3, 0.4) is 0 Å². The molecule has 0 amide bonds. The maximum Gasteiger partial charge on any atom is 0.261 e. The molecule has 0 saturated carbocycles. The standard InChI is InChI=1S/C13H9BrClFO3S/c1-8-4-11(2-3-13(8)20(15,17)18)19-12-6-9(14)5-10(16)7-12/h2-7H,1H3. The second-order valence-corrected chi connectivity index (χ2v) is 7.52. The van der Waals surface area contributed by atoms with Crippen molar-refractivity contribution in [2.45, 2.75) is 11.8 Å². The van der Waals surface area contributed by atoms with Crippen LogP contribution in [0.15, 0.2) is 45.8 Å². The van der Waals surface area contributed by atoms with E-state index >= 15 is 0 Å². The number of ether oxygens (including phenoxy) is 1. The van der Waals surface area contributed by atoms with E-state index in [0.717, 1.165) is 0 Å². The molecule has 106 valence electrons. The Balaban J connectivity index is 2.33.